The minimum absolute atomic E-state index is 0.00569. The molecule has 0 fully saturated rings. The number of hydrogen-bond acceptors (Lipinski definition) is 5. The van der Waals surface area contributed by atoms with Gasteiger partial charge in [-0.2, -0.15) is 0 Å². The molecule has 1 aromatic heterocycles. The van der Waals surface area contributed by atoms with E-state index in [4.69, 9.17) is 0 Å². The van der Waals surface area contributed by atoms with Crippen molar-refractivity contribution in [1.29, 1.82) is 0 Å². The third kappa shape index (κ3) is 2.42. The van der Waals surface area contributed by atoms with Crippen molar-refractivity contribution in [3.8, 4) is 11.4 Å². The van der Waals surface area contributed by atoms with Gasteiger partial charge in [-0.05, 0) is 19.1 Å². The third-order valence-corrected chi connectivity index (χ3v) is 2.36. The number of benzene rings is 1. The summed E-state index contributed by atoms with van der Waals surface area (Å²) in [5.74, 6) is 1.00. The van der Waals surface area contributed by atoms with Crippen LogP contribution in [0.25, 0.3) is 11.4 Å². The van der Waals surface area contributed by atoms with Crippen LogP contribution in [0.15, 0.2) is 36.5 Å². The van der Waals surface area contributed by atoms with E-state index >= 15 is 0 Å². The Morgan fingerprint density at radius 1 is 1.33 bits per heavy atom. The van der Waals surface area contributed by atoms with Crippen LogP contribution >= 0.6 is 0 Å². The molecule has 0 atom stereocenters. The molecule has 0 saturated carbocycles. The third-order valence-electron chi connectivity index (χ3n) is 2.36. The van der Waals surface area contributed by atoms with Gasteiger partial charge in [0, 0.05) is 18.8 Å². The fraction of sp³-hybridized carbons (Fsp3) is 0.167. The largest absolute Gasteiger partial charge is 0.370 e. The maximum Gasteiger partial charge on any atom is 0.280 e. The predicted molar refractivity (Wildman–Crippen MR) is 68.3 cm³/mol. The highest BCUT2D eigenvalue weighted by atomic mass is 16.6. The molecular weight excluding hydrogens is 232 g/mol. The summed E-state index contributed by atoms with van der Waals surface area (Å²) in [6.07, 6.45) is 1.58. The van der Waals surface area contributed by atoms with Gasteiger partial charge in [-0.25, -0.2) is 9.97 Å². The molecule has 6 nitrogen and oxygen atoms in total. The monoisotopic (exact) mass is 244 g/mol. The number of nitrogens with zero attached hydrogens (tertiary/aromatic N) is 3. The van der Waals surface area contributed by atoms with Crippen molar-refractivity contribution in [3.05, 3.63) is 46.6 Å². The zero-order valence-corrected chi connectivity index (χ0v) is 9.83. The quantitative estimate of drug-likeness (QED) is 0.660. The molecule has 0 aliphatic carbocycles. The van der Waals surface area contributed by atoms with Gasteiger partial charge in [0.25, 0.3) is 5.69 Å². The van der Waals surface area contributed by atoms with Crippen molar-refractivity contribution in [3.63, 3.8) is 0 Å². The number of hydrogen-bond donors (Lipinski definition) is 1. The van der Waals surface area contributed by atoms with Gasteiger partial charge in [0.05, 0.1) is 10.5 Å². The summed E-state index contributed by atoms with van der Waals surface area (Å²) in [6, 6.07) is 8.16. The summed E-state index contributed by atoms with van der Waals surface area (Å²) in [5.41, 5.74) is 0.424. The number of nitro benzene ring substituents is 1. The molecule has 2 rings (SSSR count). The Hall–Kier alpha value is -2.50. The van der Waals surface area contributed by atoms with E-state index in [1.807, 2.05) is 6.92 Å². The molecular formula is C12H12N4O2. The van der Waals surface area contributed by atoms with Crippen LogP contribution in [0.5, 0.6) is 0 Å². The molecule has 0 bridgehead atoms. The molecule has 1 N–H and O–H groups in total. The zero-order valence-electron chi connectivity index (χ0n) is 9.83. The minimum atomic E-state index is -0.432. The van der Waals surface area contributed by atoms with E-state index in [0.29, 0.717) is 17.2 Å². The van der Waals surface area contributed by atoms with Gasteiger partial charge < -0.3 is 5.32 Å². The van der Waals surface area contributed by atoms with Crippen LogP contribution in [0.2, 0.25) is 0 Å². The lowest BCUT2D eigenvalue weighted by molar-refractivity contribution is -0.384. The lowest BCUT2D eigenvalue weighted by atomic mass is 10.1. The Balaban J connectivity index is 2.48. The Labute approximate surface area is 104 Å². The van der Waals surface area contributed by atoms with Crippen LogP contribution in [0.3, 0.4) is 0 Å². The molecule has 0 aliphatic rings. The number of rotatable bonds is 4. The molecule has 0 aliphatic heterocycles. The number of anilines is 1. The Bertz CT molecular complexity index is 572. The normalized spacial score (nSPS) is 10.1. The van der Waals surface area contributed by atoms with Gasteiger partial charge in [-0.15, -0.1) is 0 Å². The van der Waals surface area contributed by atoms with Crippen LogP contribution in [-0.2, 0) is 0 Å². The van der Waals surface area contributed by atoms with E-state index in [2.05, 4.69) is 15.3 Å². The highest BCUT2D eigenvalue weighted by Gasteiger charge is 2.16. The van der Waals surface area contributed by atoms with E-state index in [9.17, 15) is 10.1 Å². The molecule has 0 spiro atoms. The molecule has 2 aromatic rings. The van der Waals surface area contributed by atoms with Crippen LogP contribution in [0, 0.1) is 10.1 Å². The molecule has 0 amide bonds. The minimum Gasteiger partial charge on any atom is -0.370 e. The fourth-order valence-electron chi connectivity index (χ4n) is 1.59. The lowest BCUT2D eigenvalue weighted by Gasteiger charge is -2.05. The van der Waals surface area contributed by atoms with Crippen molar-refractivity contribution >= 4 is 11.5 Å². The van der Waals surface area contributed by atoms with Gasteiger partial charge in [0.1, 0.15) is 5.82 Å². The molecule has 1 aromatic carbocycles. The standard InChI is InChI=1S/C12H12N4O2/c1-2-13-11-7-8-14-12(15-11)9-5-3-4-6-10(9)16(17)18/h3-8H,2H2,1H3,(H,13,14,15). The van der Waals surface area contributed by atoms with Crippen molar-refractivity contribution < 1.29 is 4.92 Å². The molecule has 0 saturated heterocycles. The van der Waals surface area contributed by atoms with Crippen molar-refractivity contribution in [2.45, 2.75) is 6.92 Å². The first-order valence-corrected chi connectivity index (χ1v) is 5.53. The summed E-state index contributed by atoms with van der Waals surface area (Å²) in [4.78, 5) is 18.8. The Morgan fingerprint density at radius 2 is 2.11 bits per heavy atom. The van der Waals surface area contributed by atoms with E-state index in [-0.39, 0.29) is 5.69 Å². The maximum atomic E-state index is 10.9. The van der Waals surface area contributed by atoms with E-state index in [0.717, 1.165) is 6.54 Å². The van der Waals surface area contributed by atoms with Crippen LogP contribution < -0.4 is 5.32 Å². The summed E-state index contributed by atoms with van der Waals surface area (Å²) in [5, 5.41) is 14.0. The van der Waals surface area contributed by atoms with Crippen LogP contribution in [0.1, 0.15) is 6.92 Å². The van der Waals surface area contributed by atoms with E-state index < -0.39 is 4.92 Å². The molecule has 6 heteroatoms. The van der Waals surface area contributed by atoms with Crippen molar-refractivity contribution in [2.75, 3.05) is 11.9 Å². The highest BCUT2D eigenvalue weighted by molar-refractivity contribution is 5.68. The van der Waals surface area contributed by atoms with Crippen LogP contribution in [-0.4, -0.2) is 21.4 Å². The Kier molecular flexibility index (Phi) is 3.47. The summed E-state index contributed by atoms with van der Waals surface area (Å²) in [7, 11) is 0. The first-order chi connectivity index (χ1) is 8.72. The molecule has 92 valence electrons. The number of nitrogens with one attached hydrogen (secondary N) is 1. The summed E-state index contributed by atoms with van der Waals surface area (Å²) < 4.78 is 0. The molecule has 0 unspecified atom stereocenters. The maximum absolute atomic E-state index is 10.9. The van der Waals surface area contributed by atoms with Crippen molar-refractivity contribution in [1.82, 2.24) is 9.97 Å². The average Bonchev–Trinajstić information content (AvgIpc) is 2.39. The first kappa shape index (κ1) is 12.0. The second kappa shape index (κ2) is 5.22. The number of nitro groups is 1. The van der Waals surface area contributed by atoms with Gasteiger partial charge in [0.15, 0.2) is 5.82 Å². The van der Waals surface area contributed by atoms with Gasteiger partial charge in [-0.3, -0.25) is 10.1 Å². The topological polar surface area (TPSA) is 81.0 Å². The number of aromatic nitrogens is 2. The fourth-order valence-corrected chi connectivity index (χ4v) is 1.59. The SMILES string of the molecule is CCNc1ccnc(-c2ccccc2[N+](=O)[O-])n1. The highest BCUT2D eigenvalue weighted by Crippen LogP contribution is 2.26. The second-order valence-electron chi connectivity index (χ2n) is 3.57. The van der Waals surface area contributed by atoms with E-state index in [1.54, 1.807) is 30.5 Å². The molecule has 0 radical (unpaired) electrons. The summed E-state index contributed by atoms with van der Waals surface area (Å²) >= 11 is 0. The zero-order chi connectivity index (χ0) is 13.0. The predicted octanol–water partition coefficient (Wildman–Crippen LogP) is 2.48. The van der Waals surface area contributed by atoms with Gasteiger partial charge in [-0.1, -0.05) is 12.1 Å². The Morgan fingerprint density at radius 3 is 2.83 bits per heavy atom. The lowest BCUT2D eigenvalue weighted by Crippen LogP contribution is -2.01. The van der Waals surface area contributed by atoms with Crippen molar-refractivity contribution in [2.24, 2.45) is 0 Å². The first-order valence-electron chi connectivity index (χ1n) is 5.53. The van der Waals surface area contributed by atoms with Crippen LogP contribution in [0.4, 0.5) is 11.5 Å². The average molecular weight is 244 g/mol. The van der Waals surface area contributed by atoms with E-state index in [1.165, 1.54) is 6.07 Å². The second-order valence-corrected chi connectivity index (χ2v) is 3.57. The molecule has 18 heavy (non-hydrogen) atoms. The number of para-hydroxylation sites is 1. The molecule has 1 heterocycles. The smallest absolute Gasteiger partial charge is 0.280 e. The summed E-state index contributed by atoms with van der Waals surface area (Å²) in [6.45, 7) is 2.68. The van der Waals surface area contributed by atoms with Gasteiger partial charge >= 0.3 is 0 Å². The van der Waals surface area contributed by atoms with Gasteiger partial charge in [0.2, 0.25) is 0 Å².